The van der Waals surface area contributed by atoms with Crippen molar-refractivity contribution in [1.29, 1.82) is 0 Å². The highest BCUT2D eigenvalue weighted by Gasteiger charge is 2.12. The summed E-state index contributed by atoms with van der Waals surface area (Å²) in [7, 11) is 1.80. The Balaban J connectivity index is 2.27. The first-order valence-electron chi connectivity index (χ1n) is 7.55. The minimum Gasteiger partial charge on any atom is -0.336 e. The van der Waals surface area contributed by atoms with Gasteiger partial charge in [0, 0.05) is 19.3 Å². The largest absolute Gasteiger partial charge is 0.336 e. The standard InChI is InChI=1S/C16H27N3O/c1-4-5-6-7-10-14(2)18-16(20)19(3)13-15-11-8-9-12-17-15/h8-9,11-12,14H,4-7,10,13H2,1-3H3,(H,18,20). The van der Waals surface area contributed by atoms with Crippen LogP contribution in [0.25, 0.3) is 0 Å². The number of urea groups is 1. The van der Waals surface area contributed by atoms with Crippen LogP contribution in [0.4, 0.5) is 4.79 Å². The molecule has 0 spiro atoms. The number of aromatic nitrogens is 1. The van der Waals surface area contributed by atoms with Crippen LogP contribution in [0.5, 0.6) is 0 Å². The summed E-state index contributed by atoms with van der Waals surface area (Å²) in [5.41, 5.74) is 0.903. The lowest BCUT2D eigenvalue weighted by Gasteiger charge is -2.21. The van der Waals surface area contributed by atoms with Gasteiger partial charge < -0.3 is 10.2 Å². The predicted octanol–water partition coefficient (Wildman–Crippen LogP) is 3.58. The molecule has 0 aliphatic heterocycles. The number of pyridine rings is 1. The van der Waals surface area contributed by atoms with Gasteiger partial charge in [-0.05, 0) is 25.5 Å². The molecule has 1 N–H and O–H groups in total. The van der Waals surface area contributed by atoms with E-state index >= 15 is 0 Å². The molecule has 0 saturated carbocycles. The third-order valence-electron chi connectivity index (χ3n) is 3.33. The Morgan fingerprint density at radius 2 is 2.15 bits per heavy atom. The number of nitrogens with zero attached hydrogens (tertiary/aromatic N) is 2. The Labute approximate surface area is 122 Å². The molecule has 0 aliphatic carbocycles. The Morgan fingerprint density at radius 1 is 1.35 bits per heavy atom. The number of hydrogen-bond donors (Lipinski definition) is 1. The van der Waals surface area contributed by atoms with Crippen LogP contribution in [-0.2, 0) is 6.54 Å². The second kappa shape index (κ2) is 9.34. The zero-order valence-electron chi connectivity index (χ0n) is 12.9. The second-order valence-electron chi connectivity index (χ2n) is 5.38. The lowest BCUT2D eigenvalue weighted by atomic mass is 10.1. The van der Waals surface area contributed by atoms with Gasteiger partial charge in [0.25, 0.3) is 0 Å². The number of nitrogens with one attached hydrogen (secondary N) is 1. The monoisotopic (exact) mass is 277 g/mol. The van der Waals surface area contributed by atoms with Gasteiger partial charge in [-0.25, -0.2) is 4.79 Å². The maximum atomic E-state index is 12.0. The van der Waals surface area contributed by atoms with Gasteiger partial charge in [0.05, 0.1) is 12.2 Å². The van der Waals surface area contributed by atoms with E-state index in [9.17, 15) is 4.79 Å². The molecule has 1 aromatic rings. The van der Waals surface area contributed by atoms with E-state index in [1.807, 2.05) is 18.2 Å². The van der Waals surface area contributed by atoms with E-state index in [0.29, 0.717) is 6.54 Å². The van der Waals surface area contributed by atoms with Crippen molar-refractivity contribution in [1.82, 2.24) is 15.2 Å². The third-order valence-corrected chi connectivity index (χ3v) is 3.33. The van der Waals surface area contributed by atoms with Crippen molar-refractivity contribution in [2.24, 2.45) is 0 Å². The summed E-state index contributed by atoms with van der Waals surface area (Å²) >= 11 is 0. The van der Waals surface area contributed by atoms with E-state index in [-0.39, 0.29) is 12.1 Å². The molecule has 4 nitrogen and oxygen atoms in total. The van der Waals surface area contributed by atoms with Crippen LogP contribution in [0.3, 0.4) is 0 Å². The summed E-state index contributed by atoms with van der Waals surface area (Å²) in [6.07, 6.45) is 7.74. The highest BCUT2D eigenvalue weighted by atomic mass is 16.2. The molecule has 20 heavy (non-hydrogen) atoms. The van der Waals surface area contributed by atoms with Gasteiger partial charge in [0.2, 0.25) is 0 Å². The molecular weight excluding hydrogens is 250 g/mol. The minimum atomic E-state index is -0.0290. The Hall–Kier alpha value is -1.58. The van der Waals surface area contributed by atoms with Crippen molar-refractivity contribution < 1.29 is 4.79 Å². The minimum absolute atomic E-state index is 0.0290. The van der Waals surface area contributed by atoms with Crippen LogP contribution in [0.15, 0.2) is 24.4 Å². The van der Waals surface area contributed by atoms with Crippen molar-refractivity contribution in [3.63, 3.8) is 0 Å². The van der Waals surface area contributed by atoms with Gasteiger partial charge >= 0.3 is 6.03 Å². The normalized spacial score (nSPS) is 11.9. The van der Waals surface area contributed by atoms with Gasteiger partial charge in [-0.15, -0.1) is 0 Å². The fraction of sp³-hybridized carbons (Fsp3) is 0.625. The van der Waals surface area contributed by atoms with Crippen molar-refractivity contribution in [3.05, 3.63) is 30.1 Å². The van der Waals surface area contributed by atoms with E-state index < -0.39 is 0 Å². The molecule has 1 atom stereocenters. The van der Waals surface area contributed by atoms with Crippen LogP contribution >= 0.6 is 0 Å². The third kappa shape index (κ3) is 6.55. The molecule has 1 heterocycles. The van der Waals surface area contributed by atoms with Crippen molar-refractivity contribution in [3.8, 4) is 0 Å². The summed E-state index contributed by atoms with van der Waals surface area (Å²) in [6.45, 7) is 4.81. The first-order chi connectivity index (χ1) is 9.63. The fourth-order valence-corrected chi connectivity index (χ4v) is 2.08. The van der Waals surface area contributed by atoms with Gasteiger partial charge in [-0.1, -0.05) is 38.7 Å². The molecule has 0 saturated heterocycles. The van der Waals surface area contributed by atoms with Crippen LogP contribution in [0.1, 0.15) is 51.6 Å². The van der Waals surface area contributed by atoms with Gasteiger partial charge in [-0.2, -0.15) is 0 Å². The first-order valence-corrected chi connectivity index (χ1v) is 7.55. The smallest absolute Gasteiger partial charge is 0.317 e. The van der Waals surface area contributed by atoms with Crippen molar-refractivity contribution >= 4 is 6.03 Å². The van der Waals surface area contributed by atoms with E-state index in [1.165, 1.54) is 25.7 Å². The zero-order chi connectivity index (χ0) is 14.8. The molecule has 0 aromatic carbocycles. The molecule has 112 valence electrons. The summed E-state index contributed by atoms with van der Waals surface area (Å²) in [5.74, 6) is 0. The predicted molar refractivity (Wildman–Crippen MR) is 82.5 cm³/mol. The Kier molecular flexibility index (Phi) is 7.70. The molecular formula is C16H27N3O. The molecule has 0 bridgehead atoms. The maximum absolute atomic E-state index is 12.0. The molecule has 2 amide bonds. The topological polar surface area (TPSA) is 45.2 Å². The molecule has 1 aromatic heterocycles. The van der Waals surface area contributed by atoms with Crippen LogP contribution in [0.2, 0.25) is 0 Å². The van der Waals surface area contributed by atoms with E-state index in [0.717, 1.165) is 12.1 Å². The van der Waals surface area contributed by atoms with Crippen molar-refractivity contribution in [2.45, 2.75) is 58.5 Å². The molecule has 0 radical (unpaired) electrons. The first kappa shape index (κ1) is 16.5. The highest BCUT2D eigenvalue weighted by Crippen LogP contribution is 2.06. The molecule has 4 heteroatoms. The van der Waals surface area contributed by atoms with Gasteiger partial charge in [0.1, 0.15) is 0 Å². The molecule has 1 rings (SSSR count). The fourth-order valence-electron chi connectivity index (χ4n) is 2.08. The lowest BCUT2D eigenvalue weighted by Crippen LogP contribution is -2.41. The Morgan fingerprint density at radius 3 is 2.80 bits per heavy atom. The van der Waals surface area contributed by atoms with Crippen LogP contribution in [0, 0.1) is 0 Å². The number of rotatable bonds is 8. The number of carbonyl (C=O) groups excluding carboxylic acids is 1. The number of unbranched alkanes of at least 4 members (excludes halogenated alkanes) is 3. The summed E-state index contributed by atoms with van der Waals surface area (Å²) in [6, 6.07) is 5.94. The van der Waals surface area contributed by atoms with Crippen LogP contribution in [-0.4, -0.2) is 29.0 Å². The number of amides is 2. The second-order valence-corrected chi connectivity index (χ2v) is 5.38. The molecule has 1 unspecified atom stereocenters. The zero-order valence-corrected chi connectivity index (χ0v) is 12.9. The SMILES string of the molecule is CCCCCCC(C)NC(=O)N(C)Cc1ccccn1. The van der Waals surface area contributed by atoms with Gasteiger partial charge in [-0.3, -0.25) is 4.98 Å². The summed E-state index contributed by atoms with van der Waals surface area (Å²) in [5, 5.41) is 3.04. The van der Waals surface area contributed by atoms with Crippen molar-refractivity contribution in [2.75, 3.05) is 7.05 Å². The van der Waals surface area contributed by atoms with Gasteiger partial charge in [0.15, 0.2) is 0 Å². The van der Waals surface area contributed by atoms with E-state index in [2.05, 4.69) is 24.1 Å². The summed E-state index contributed by atoms with van der Waals surface area (Å²) < 4.78 is 0. The molecule has 0 fully saturated rings. The highest BCUT2D eigenvalue weighted by molar-refractivity contribution is 5.74. The number of hydrogen-bond acceptors (Lipinski definition) is 2. The lowest BCUT2D eigenvalue weighted by molar-refractivity contribution is 0.202. The van der Waals surface area contributed by atoms with Crippen LogP contribution < -0.4 is 5.32 Å². The average Bonchev–Trinajstić information content (AvgIpc) is 2.44. The molecule has 0 aliphatic rings. The maximum Gasteiger partial charge on any atom is 0.317 e. The number of carbonyl (C=O) groups is 1. The Bertz CT molecular complexity index is 381. The van der Waals surface area contributed by atoms with E-state index in [1.54, 1.807) is 18.1 Å². The quantitative estimate of drug-likeness (QED) is 0.738. The summed E-state index contributed by atoms with van der Waals surface area (Å²) in [4.78, 5) is 17.9. The van der Waals surface area contributed by atoms with E-state index in [4.69, 9.17) is 0 Å². The average molecular weight is 277 g/mol.